The summed E-state index contributed by atoms with van der Waals surface area (Å²) in [6.45, 7) is 0.345. The first kappa shape index (κ1) is 13.6. The predicted molar refractivity (Wildman–Crippen MR) is 59.2 cm³/mol. The molecule has 0 saturated carbocycles. The summed E-state index contributed by atoms with van der Waals surface area (Å²) in [5.41, 5.74) is 15.0. The molecule has 0 fully saturated rings. The zero-order valence-corrected chi connectivity index (χ0v) is 9.40. The highest BCUT2D eigenvalue weighted by atomic mass is 16.4. The molecule has 0 aromatic carbocycles. The van der Waals surface area contributed by atoms with Crippen molar-refractivity contribution in [1.82, 2.24) is 10.7 Å². The lowest BCUT2D eigenvalue weighted by atomic mass is 10.3. The maximum absolute atomic E-state index is 11.6. The Hall–Kier alpha value is -2.42. The molecule has 9 nitrogen and oxygen atoms in total. The van der Waals surface area contributed by atoms with Gasteiger partial charge >= 0.3 is 0 Å². The summed E-state index contributed by atoms with van der Waals surface area (Å²) in [6, 6.07) is 0.999. The van der Waals surface area contributed by atoms with Crippen LogP contribution in [0, 0.1) is 0 Å². The van der Waals surface area contributed by atoms with Gasteiger partial charge in [-0.1, -0.05) is 0 Å². The lowest BCUT2D eigenvalue weighted by Gasteiger charge is -2.07. The van der Waals surface area contributed by atoms with E-state index in [0.717, 1.165) is 6.07 Å². The number of rotatable bonds is 6. The van der Waals surface area contributed by atoms with Crippen LogP contribution in [-0.2, 0) is 6.54 Å². The molecule has 18 heavy (non-hydrogen) atoms. The Balaban J connectivity index is 3.01. The molecule has 1 rings (SSSR count). The van der Waals surface area contributed by atoms with Gasteiger partial charge in [-0.25, -0.2) is 0 Å². The predicted octanol–water partition coefficient (Wildman–Crippen LogP) is -2.86. The molecule has 9 heteroatoms. The Morgan fingerprint density at radius 1 is 1.61 bits per heavy atom. The fourth-order valence-corrected chi connectivity index (χ4v) is 1.17. The number of amides is 1. The maximum atomic E-state index is 11.6. The van der Waals surface area contributed by atoms with Crippen LogP contribution in [0.2, 0.25) is 0 Å². The van der Waals surface area contributed by atoms with Crippen LogP contribution < -0.4 is 27.1 Å². The third-order valence-electron chi connectivity index (χ3n) is 1.95. The second kappa shape index (κ2) is 6.35. The summed E-state index contributed by atoms with van der Waals surface area (Å²) in [5, 5.41) is 13.4. The highest BCUT2D eigenvalue weighted by molar-refractivity contribution is 5.93. The topological polar surface area (TPSA) is 154 Å². The van der Waals surface area contributed by atoms with Crippen molar-refractivity contribution >= 4 is 5.91 Å². The molecule has 1 amide bonds. The van der Waals surface area contributed by atoms with Crippen LogP contribution in [0.15, 0.2) is 15.3 Å². The van der Waals surface area contributed by atoms with Gasteiger partial charge in [0.1, 0.15) is 5.76 Å². The summed E-state index contributed by atoms with van der Waals surface area (Å²) < 4.78 is 5.03. The standard InChI is InChI=1S/C9H13N5O4/c10-1-2-12-9(17)8-7(16)6(15)3-5(18-8)4-13-14-11/h3,14H,1-2,4,10H2,(H3-,11,12,13,16,17). The first-order valence-corrected chi connectivity index (χ1v) is 5.06. The number of hydrogen-bond acceptors (Lipinski definition) is 5. The number of nitrogens with zero attached hydrogens (tertiary/aromatic N) is 1. The van der Waals surface area contributed by atoms with Gasteiger partial charge in [-0.2, -0.15) is 10.8 Å². The third kappa shape index (κ3) is 3.28. The zero-order valence-electron chi connectivity index (χ0n) is 9.40. The summed E-state index contributed by atoms with van der Waals surface area (Å²) in [5.74, 6) is -1.94. The van der Waals surface area contributed by atoms with E-state index in [9.17, 15) is 14.7 Å². The van der Waals surface area contributed by atoms with Crippen molar-refractivity contribution in [3.05, 3.63) is 33.3 Å². The quantitative estimate of drug-likeness (QED) is 0.272. The van der Waals surface area contributed by atoms with Crippen LogP contribution in [0.1, 0.15) is 16.3 Å². The molecule has 0 aliphatic heterocycles. The van der Waals surface area contributed by atoms with E-state index in [1.165, 1.54) is 0 Å². The van der Waals surface area contributed by atoms with Gasteiger partial charge in [0.2, 0.25) is 16.9 Å². The van der Waals surface area contributed by atoms with E-state index >= 15 is 0 Å². The number of aromatic hydroxyl groups is 1. The van der Waals surface area contributed by atoms with E-state index in [1.54, 1.807) is 5.22 Å². The maximum Gasteiger partial charge on any atom is 0.291 e. The van der Waals surface area contributed by atoms with Gasteiger partial charge in [-0.05, 0) is 0 Å². The minimum atomic E-state index is -0.773. The first-order valence-electron chi connectivity index (χ1n) is 5.06. The zero-order chi connectivity index (χ0) is 13.5. The van der Waals surface area contributed by atoms with E-state index in [4.69, 9.17) is 15.7 Å². The van der Waals surface area contributed by atoms with Gasteiger partial charge < -0.3 is 20.6 Å². The van der Waals surface area contributed by atoms with Gasteiger partial charge in [0.05, 0.1) is 6.54 Å². The van der Waals surface area contributed by atoms with Crippen LogP contribution in [0.25, 0.3) is 5.53 Å². The Morgan fingerprint density at radius 2 is 2.33 bits per heavy atom. The molecule has 0 atom stereocenters. The summed E-state index contributed by atoms with van der Waals surface area (Å²) in [6.07, 6.45) is 0. The smallest absolute Gasteiger partial charge is 0.291 e. The number of carbonyl (C=O) groups is 1. The van der Waals surface area contributed by atoms with Crippen molar-refractivity contribution in [3.63, 3.8) is 0 Å². The SMILES string of the molecule is [N-]=[NH+]NCc1cc(=O)c(O)c(C(=O)NCCN)o1. The minimum Gasteiger partial charge on any atom is -0.501 e. The van der Waals surface area contributed by atoms with Gasteiger partial charge in [-0.3, -0.25) is 15.0 Å². The molecule has 1 heterocycles. The van der Waals surface area contributed by atoms with E-state index in [0.29, 0.717) is 0 Å². The van der Waals surface area contributed by atoms with E-state index < -0.39 is 22.8 Å². The summed E-state index contributed by atoms with van der Waals surface area (Å²) >= 11 is 0. The lowest BCUT2D eigenvalue weighted by molar-refractivity contribution is -0.551. The van der Waals surface area contributed by atoms with Crippen molar-refractivity contribution in [2.45, 2.75) is 6.54 Å². The molecule has 6 N–H and O–H groups in total. The van der Waals surface area contributed by atoms with Crippen LogP contribution in [0.5, 0.6) is 5.75 Å². The average molecular weight is 255 g/mol. The minimum absolute atomic E-state index is 0.0524. The number of hydrazine groups is 1. The molecular weight excluding hydrogens is 242 g/mol. The fraction of sp³-hybridized carbons (Fsp3) is 0.333. The molecule has 0 aliphatic carbocycles. The first-order chi connectivity index (χ1) is 8.60. The van der Waals surface area contributed by atoms with Crippen molar-refractivity contribution < 1.29 is 19.5 Å². The second-order valence-corrected chi connectivity index (χ2v) is 3.26. The van der Waals surface area contributed by atoms with Crippen molar-refractivity contribution in [3.8, 4) is 5.75 Å². The molecule has 0 unspecified atom stereocenters. The van der Waals surface area contributed by atoms with Crippen LogP contribution in [0.4, 0.5) is 0 Å². The summed E-state index contributed by atoms with van der Waals surface area (Å²) in [4.78, 5) is 22.9. The Kier molecular flexibility index (Phi) is 4.81. The van der Waals surface area contributed by atoms with Gasteiger partial charge in [0, 0.05) is 19.2 Å². The van der Waals surface area contributed by atoms with E-state index in [2.05, 4.69) is 10.7 Å². The van der Waals surface area contributed by atoms with Crippen LogP contribution in [0.3, 0.4) is 0 Å². The van der Waals surface area contributed by atoms with Crippen molar-refractivity contribution in [2.75, 3.05) is 13.1 Å². The molecule has 0 radical (unpaired) electrons. The Bertz CT molecular complexity index is 498. The Labute approximate surface area is 101 Å². The molecule has 98 valence electrons. The van der Waals surface area contributed by atoms with Gasteiger partial charge in [-0.15, -0.1) is 0 Å². The Morgan fingerprint density at radius 3 is 2.94 bits per heavy atom. The van der Waals surface area contributed by atoms with Crippen molar-refractivity contribution in [2.24, 2.45) is 5.73 Å². The molecule has 0 bridgehead atoms. The molecule has 1 aromatic heterocycles. The van der Waals surface area contributed by atoms with Gasteiger partial charge in [0.25, 0.3) is 5.91 Å². The summed E-state index contributed by atoms with van der Waals surface area (Å²) in [7, 11) is 0. The largest absolute Gasteiger partial charge is 0.501 e. The highest BCUT2D eigenvalue weighted by Gasteiger charge is 2.17. The highest BCUT2D eigenvalue weighted by Crippen LogP contribution is 2.13. The van der Waals surface area contributed by atoms with Gasteiger partial charge in [0.15, 0.2) is 0 Å². The molecule has 0 spiro atoms. The molecule has 1 aromatic rings. The molecular formula is C9H13N5O4. The second-order valence-electron chi connectivity index (χ2n) is 3.26. The molecule has 0 aliphatic rings. The molecule has 0 saturated heterocycles. The van der Waals surface area contributed by atoms with Crippen LogP contribution >= 0.6 is 0 Å². The fourth-order valence-electron chi connectivity index (χ4n) is 1.17. The number of carbonyl (C=O) groups excluding carboxylic acids is 1. The average Bonchev–Trinajstić information content (AvgIpc) is 2.37. The number of hydrogen-bond donors (Lipinski definition) is 5. The van der Waals surface area contributed by atoms with Crippen molar-refractivity contribution in [1.29, 1.82) is 0 Å². The number of nitrogens with two attached hydrogens (primary N) is 1. The van der Waals surface area contributed by atoms with E-state index in [1.807, 2.05) is 0 Å². The lowest BCUT2D eigenvalue weighted by Crippen LogP contribution is -2.74. The third-order valence-corrected chi connectivity index (χ3v) is 1.95. The normalized spacial score (nSPS) is 9.83. The van der Waals surface area contributed by atoms with Crippen LogP contribution in [-0.4, -0.2) is 24.1 Å². The number of nitrogens with one attached hydrogen (secondary N) is 3. The van der Waals surface area contributed by atoms with E-state index in [-0.39, 0.29) is 25.4 Å². The monoisotopic (exact) mass is 255 g/mol.